The quantitative estimate of drug-likeness (QED) is 0.189. The van der Waals surface area contributed by atoms with E-state index in [0.717, 1.165) is 50.7 Å². The van der Waals surface area contributed by atoms with Gasteiger partial charge in [0, 0.05) is 35.3 Å². The van der Waals surface area contributed by atoms with Gasteiger partial charge in [-0.15, -0.1) is 0 Å². The lowest BCUT2D eigenvalue weighted by Crippen LogP contribution is -2.47. The van der Waals surface area contributed by atoms with E-state index in [1.165, 1.54) is 10.9 Å². The average Bonchev–Trinajstić information content (AvgIpc) is 3.61. The molecule has 6 nitrogen and oxygen atoms in total. The second-order valence-corrected chi connectivity index (χ2v) is 12.4. The highest BCUT2D eigenvalue weighted by Crippen LogP contribution is 2.43. The molecule has 218 valence electrons. The Morgan fingerprint density at radius 1 is 0.644 bits per heavy atom. The third kappa shape index (κ3) is 4.77. The minimum absolute atomic E-state index is 0.00464. The van der Waals surface area contributed by atoms with Crippen molar-refractivity contribution in [3.63, 3.8) is 0 Å². The number of nitrogens with zero attached hydrogens (tertiary/aromatic N) is 4. The van der Waals surface area contributed by atoms with Crippen LogP contribution >= 0.6 is 0 Å². The van der Waals surface area contributed by atoms with Gasteiger partial charge in [-0.25, -0.2) is 9.97 Å². The fraction of sp³-hybridized carbons (Fsp3) is 0.105. The van der Waals surface area contributed by atoms with Gasteiger partial charge in [-0.3, -0.25) is 4.57 Å². The van der Waals surface area contributed by atoms with E-state index in [0.29, 0.717) is 5.75 Å². The van der Waals surface area contributed by atoms with Gasteiger partial charge in [-0.2, -0.15) is 0 Å². The van der Waals surface area contributed by atoms with Crippen molar-refractivity contribution in [1.82, 2.24) is 14.5 Å². The molecule has 0 bridgehead atoms. The van der Waals surface area contributed by atoms with Gasteiger partial charge in [-0.05, 0) is 71.0 Å². The number of anilines is 2. The van der Waals surface area contributed by atoms with E-state index in [1.807, 2.05) is 66.9 Å². The third-order valence-corrected chi connectivity index (χ3v) is 8.37. The van der Waals surface area contributed by atoms with Crippen LogP contribution in [0.4, 0.5) is 11.5 Å². The van der Waals surface area contributed by atoms with E-state index < -0.39 is 0 Å². The highest BCUT2D eigenvalue weighted by Gasteiger charge is 2.40. The van der Waals surface area contributed by atoms with Crippen LogP contribution in [0.25, 0.3) is 27.6 Å². The number of aromatic nitrogens is 3. The molecule has 4 heterocycles. The lowest BCUT2D eigenvalue weighted by Gasteiger charge is -2.21. The summed E-state index contributed by atoms with van der Waals surface area (Å²) in [4.78, 5) is 11.6. The van der Waals surface area contributed by atoms with Gasteiger partial charge in [0.1, 0.15) is 28.9 Å². The van der Waals surface area contributed by atoms with Crippen LogP contribution in [-0.4, -0.2) is 21.6 Å². The summed E-state index contributed by atoms with van der Waals surface area (Å²) in [6.45, 7) is 6.67. The predicted molar refractivity (Wildman–Crippen MR) is 183 cm³/mol. The number of pyridine rings is 2. The molecule has 0 aliphatic carbocycles. The van der Waals surface area contributed by atoms with Crippen molar-refractivity contribution in [3.05, 3.63) is 139 Å². The summed E-state index contributed by atoms with van der Waals surface area (Å²) < 4.78 is 15.3. The zero-order valence-electron chi connectivity index (χ0n) is 25.4. The normalized spacial score (nSPS) is 12.9. The summed E-state index contributed by atoms with van der Waals surface area (Å²) in [5.41, 5.74) is 5.33. The maximum atomic E-state index is 6.57. The molecule has 0 saturated carbocycles. The summed E-state index contributed by atoms with van der Waals surface area (Å²) in [6, 6.07) is 41.1. The molecule has 1 aliphatic heterocycles. The second kappa shape index (κ2) is 10.6. The number of hydrogen-bond acceptors (Lipinski definition) is 5. The maximum Gasteiger partial charge on any atom is 0.525 e. The third-order valence-electron chi connectivity index (χ3n) is 8.37. The molecular weight excluding hydrogens is 555 g/mol. The van der Waals surface area contributed by atoms with Gasteiger partial charge in [-0.1, -0.05) is 75.4 Å². The Kier molecular flexibility index (Phi) is 6.34. The molecular formula is C38H31BN4O2. The average molecular weight is 587 g/mol. The first-order valence-corrected chi connectivity index (χ1v) is 15.2. The Bertz CT molecular complexity index is 2170. The van der Waals surface area contributed by atoms with Crippen LogP contribution in [0.1, 0.15) is 26.3 Å². The van der Waals surface area contributed by atoms with Crippen LogP contribution in [0, 0.1) is 0 Å². The van der Waals surface area contributed by atoms with Crippen LogP contribution in [0.5, 0.6) is 17.2 Å². The van der Waals surface area contributed by atoms with E-state index in [-0.39, 0.29) is 12.5 Å². The largest absolute Gasteiger partial charge is 0.536 e. The fourth-order valence-corrected chi connectivity index (χ4v) is 6.13. The van der Waals surface area contributed by atoms with Crippen LogP contribution in [0.15, 0.2) is 134 Å². The van der Waals surface area contributed by atoms with Crippen LogP contribution in [0.3, 0.4) is 0 Å². The summed E-state index contributed by atoms with van der Waals surface area (Å²) >= 11 is 0. The number of hydrogen-bond donors (Lipinski definition) is 0. The maximum absolute atomic E-state index is 6.57. The standard InChI is InChI=1S/C38H31BN4O2/c1-38(2,3)26-20-22-41-37(23-26)42-32-14-8-7-13-30(32)31-18-16-28(24-33(31)42)44-29-17-19-35-34(25-29)43(36-15-9-10-21-40-36)39(45-35)27-11-5-4-6-12-27/h4-25H,1-3H3. The number of fused-ring (bicyclic) bond motifs is 4. The first-order chi connectivity index (χ1) is 21.9. The molecule has 7 aromatic rings. The van der Waals surface area contributed by atoms with E-state index in [9.17, 15) is 0 Å². The second-order valence-electron chi connectivity index (χ2n) is 12.4. The molecule has 8 rings (SSSR count). The lowest BCUT2D eigenvalue weighted by molar-refractivity contribution is 0.482. The molecule has 0 saturated heterocycles. The van der Waals surface area contributed by atoms with Gasteiger partial charge in [0.05, 0.1) is 16.7 Å². The van der Waals surface area contributed by atoms with E-state index in [1.54, 1.807) is 6.20 Å². The molecule has 4 aromatic carbocycles. The first kappa shape index (κ1) is 27.0. The zero-order valence-corrected chi connectivity index (χ0v) is 25.4. The van der Waals surface area contributed by atoms with E-state index >= 15 is 0 Å². The van der Waals surface area contributed by atoms with Gasteiger partial charge in [0.2, 0.25) is 0 Å². The Morgan fingerprint density at radius 3 is 2.20 bits per heavy atom. The van der Waals surface area contributed by atoms with Crippen molar-refractivity contribution in [3.8, 4) is 23.1 Å². The topological polar surface area (TPSA) is 52.4 Å². The van der Waals surface area contributed by atoms with Gasteiger partial charge < -0.3 is 14.2 Å². The van der Waals surface area contributed by atoms with Crippen molar-refractivity contribution < 1.29 is 9.39 Å². The van der Waals surface area contributed by atoms with E-state index in [4.69, 9.17) is 14.4 Å². The number of rotatable bonds is 5. The predicted octanol–water partition coefficient (Wildman–Crippen LogP) is 8.59. The smallest absolute Gasteiger partial charge is 0.525 e. The van der Waals surface area contributed by atoms with Crippen molar-refractivity contribution in [2.75, 3.05) is 4.81 Å². The molecule has 0 spiro atoms. The Hall–Kier alpha value is -5.56. The molecule has 0 unspecified atom stereocenters. The van der Waals surface area contributed by atoms with Gasteiger partial charge >= 0.3 is 7.05 Å². The molecule has 0 radical (unpaired) electrons. The number of benzene rings is 4. The molecule has 0 amide bonds. The minimum atomic E-state index is -0.338. The highest BCUT2D eigenvalue weighted by molar-refractivity contribution is 6.74. The molecule has 3 aromatic heterocycles. The van der Waals surface area contributed by atoms with Crippen LogP contribution < -0.4 is 19.7 Å². The molecule has 1 aliphatic rings. The summed E-state index contributed by atoms with van der Waals surface area (Å²) in [5, 5.41) is 2.32. The van der Waals surface area contributed by atoms with Gasteiger partial charge in [0.15, 0.2) is 0 Å². The number of para-hydroxylation sites is 1. The SMILES string of the molecule is CC(C)(C)c1ccnc(-n2c3ccccc3c3ccc(Oc4ccc5c(c4)N(c4ccccn4)B(c4ccccc4)O5)cc32)c1. The monoisotopic (exact) mass is 586 g/mol. The molecule has 0 fully saturated rings. The van der Waals surface area contributed by atoms with E-state index in [2.05, 4.69) is 95.8 Å². The minimum Gasteiger partial charge on any atom is -0.536 e. The van der Waals surface area contributed by atoms with Crippen molar-refractivity contribution in [2.24, 2.45) is 0 Å². The zero-order chi connectivity index (χ0) is 30.5. The van der Waals surface area contributed by atoms with Crippen LogP contribution in [-0.2, 0) is 5.41 Å². The first-order valence-electron chi connectivity index (χ1n) is 15.2. The number of ether oxygens (including phenoxy) is 1. The fourth-order valence-electron chi connectivity index (χ4n) is 6.13. The Balaban J connectivity index is 1.21. The Morgan fingerprint density at radius 2 is 1.38 bits per heavy atom. The molecule has 0 N–H and O–H groups in total. The van der Waals surface area contributed by atoms with Gasteiger partial charge in [0.25, 0.3) is 0 Å². The molecule has 45 heavy (non-hydrogen) atoms. The summed E-state index contributed by atoms with van der Waals surface area (Å²) in [5.74, 6) is 3.92. The molecule has 7 heteroatoms. The van der Waals surface area contributed by atoms with Crippen molar-refractivity contribution in [1.29, 1.82) is 0 Å². The molecule has 0 atom stereocenters. The highest BCUT2D eigenvalue weighted by atomic mass is 16.5. The summed E-state index contributed by atoms with van der Waals surface area (Å²) in [6.07, 6.45) is 3.70. The Labute approximate surface area is 262 Å². The van der Waals surface area contributed by atoms with Crippen molar-refractivity contribution >= 4 is 45.8 Å². The summed E-state index contributed by atoms with van der Waals surface area (Å²) in [7, 11) is -0.338. The van der Waals surface area contributed by atoms with Crippen molar-refractivity contribution in [2.45, 2.75) is 26.2 Å². The van der Waals surface area contributed by atoms with Crippen LogP contribution in [0.2, 0.25) is 0 Å². The lowest BCUT2D eigenvalue weighted by atomic mass is 9.72.